The fraction of sp³-hybridized carbons (Fsp3) is 0.0588. The number of rotatable bonds is 3. The van der Waals surface area contributed by atoms with E-state index < -0.39 is 11.7 Å². The van der Waals surface area contributed by atoms with Crippen LogP contribution in [0.1, 0.15) is 15.9 Å². The first-order valence-corrected chi connectivity index (χ1v) is 8.28. The molecule has 0 radical (unpaired) electrons. The van der Waals surface area contributed by atoms with Gasteiger partial charge >= 0.3 is 0 Å². The second-order valence-electron chi connectivity index (χ2n) is 5.43. The van der Waals surface area contributed by atoms with Gasteiger partial charge in [-0.2, -0.15) is 4.52 Å². The molecule has 0 fully saturated rings. The van der Waals surface area contributed by atoms with Crippen molar-refractivity contribution in [2.24, 2.45) is 0 Å². The molecule has 4 aromatic rings. The molecule has 0 aliphatic rings. The quantitative estimate of drug-likeness (QED) is 0.611. The van der Waals surface area contributed by atoms with Gasteiger partial charge in [0.25, 0.3) is 5.91 Å². The van der Waals surface area contributed by atoms with Gasteiger partial charge in [-0.05, 0) is 25.1 Å². The molecular weight excluding hydrogens is 341 g/mol. The van der Waals surface area contributed by atoms with Gasteiger partial charge in [0.05, 0.1) is 5.56 Å². The number of hydrogen-bond acceptors (Lipinski definition) is 5. The molecule has 0 aliphatic carbocycles. The third kappa shape index (κ3) is 2.87. The molecule has 0 aliphatic heterocycles. The first kappa shape index (κ1) is 15.4. The lowest BCUT2D eigenvalue weighted by Crippen LogP contribution is -2.13. The molecule has 0 atom stereocenters. The number of aryl methyl sites for hydroxylation is 1. The summed E-state index contributed by atoms with van der Waals surface area (Å²) in [5.74, 6) is -0.551. The standard InChI is InChI=1S/C17H12FN5OS/c1-10-5-4-6-11(9-10)14-20-21-17-23(14)22-16(25-17)19-15(24)12-7-2-3-8-13(12)18/h2-9H,1H3,(H,19,22,24). The molecule has 25 heavy (non-hydrogen) atoms. The van der Waals surface area contributed by atoms with Gasteiger partial charge in [0.1, 0.15) is 5.82 Å². The van der Waals surface area contributed by atoms with Crippen molar-refractivity contribution >= 4 is 27.3 Å². The second kappa shape index (κ2) is 6.06. The number of benzene rings is 2. The average Bonchev–Trinajstić information content (AvgIpc) is 3.15. The van der Waals surface area contributed by atoms with E-state index in [-0.39, 0.29) is 5.56 Å². The van der Waals surface area contributed by atoms with E-state index in [4.69, 9.17) is 0 Å². The topological polar surface area (TPSA) is 72.2 Å². The van der Waals surface area contributed by atoms with E-state index in [1.165, 1.54) is 29.5 Å². The molecule has 0 spiro atoms. The Kier molecular flexibility index (Phi) is 3.73. The summed E-state index contributed by atoms with van der Waals surface area (Å²) in [6.07, 6.45) is 0. The minimum atomic E-state index is -0.580. The van der Waals surface area contributed by atoms with Crippen LogP contribution in [-0.4, -0.2) is 25.7 Å². The molecule has 1 amide bonds. The minimum Gasteiger partial charge on any atom is -0.296 e. The maximum absolute atomic E-state index is 13.7. The number of carbonyl (C=O) groups is 1. The van der Waals surface area contributed by atoms with Gasteiger partial charge in [0.2, 0.25) is 10.1 Å². The van der Waals surface area contributed by atoms with E-state index in [0.29, 0.717) is 15.9 Å². The Bertz CT molecular complexity index is 1090. The number of nitrogens with zero attached hydrogens (tertiary/aromatic N) is 4. The highest BCUT2D eigenvalue weighted by molar-refractivity contribution is 7.20. The van der Waals surface area contributed by atoms with Gasteiger partial charge in [-0.3, -0.25) is 10.1 Å². The van der Waals surface area contributed by atoms with Gasteiger partial charge in [0, 0.05) is 5.56 Å². The molecule has 6 nitrogen and oxygen atoms in total. The van der Waals surface area contributed by atoms with Crippen LogP contribution >= 0.6 is 11.3 Å². The van der Waals surface area contributed by atoms with Crippen molar-refractivity contribution in [3.05, 3.63) is 65.5 Å². The Hall–Kier alpha value is -3.13. The Morgan fingerprint density at radius 3 is 2.80 bits per heavy atom. The maximum Gasteiger partial charge on any atom is 0.260 e. The van der Waals surface area contributed by atoms with Gasteiger partial charge in [0.15, 0.2) is 5.82 Å². The molecule has 1 N–H and O–H groups in total. The number of carbonyl (C=O) groups excluding carboxylic acids is 1. The van der Waals surface area contributed by atoms with E-state index in [0.717, 1.165) is 11.1 Å². The Morgan fingerprint density at radius 2 is 2.00 bits per heavy atom. The second-order valence-corrected chi connectivity index (χ2v) is 6.38. The van der Waals surface area contributed by atoms with Crippen molar-refractivity contribution in [1.82, 2.24) is 19.8 Å². The number of anilines is 1. The predicted molar refractivity (Wildman–Crippen MR) is 93.2 cm³/mol. The Morgan fingerprint density at radius 1 is 1.16 bits per heavy atom. The largest absolute Gasteiger partial charge is 0.296 e. The van der Waals surface area contributed by atoms with Crippen molar-refractivity contribution < 1.29 is 9.18 Å². The number of amides is 1. The zero-order valence-electron chi connectivity index (χ0n) is 13.1. The number of hydrogen-bond donors (Lipinski definition) is 1. The number of nitrogens with one attached hydrogen (secondary N) is 1. The van der Waals surface area contributed by atoms with Crippen molar-refractivity contribution in [3.63, 3.8) is 0 Å². The smallest absolute Gasteiger partial charge is 0.260 e. The molecular formula is C17H12FN5OS. The molecule has 8 heteroatoms. The van der Waals surface area contributed by atoms with Crippen LogP contribution in [0.25, 0.3) is 16.3 Å². The van der Waals surface area contributed by atoms with Crippen molar-refractivity contribution in [3.8, 4) is 11.4 Å². The lowest BCUT2D eigenvalue weighted by atomic mass is 10.1. The molecule has 4 rings (SSSR count). The highest BCUT2D eigenvalue weighted by Crippen LogP contribution is 2.25. The van der Waals surface area contributed by atoms with E-state index in [9.17, 15) is 9.18 Å². The summed E-state index contributed by atoms with van der Waals surface area (Å²) >= 11 is 1.17. The van der Waals surface area contributed by atoms with Crippen molar-refractivity contribution in [2.75, 3.05) is 5.32 Å². The van der Waals surface area contributed by atoms with Crippen molar-refractivity contribution in [2.45, 2.75) is 6.92 Å². The van der Waals surface area contributed by atoms with Crippen LogP contribution in [0.2, 0.25) is 0 Å². The molecule has 2 aromatic carbocycles. The summed E-state index contributed by atoms with van der Waals surface area (Å²) in [7, 11) is 0. The van der Waals surface area contributed by atoms with E-state index in [1.807, 2.05) is 31.2 Å². The summed E-state index contributed by atoms with van der Waals surface area (Å²) in [5, 5.41) is 15.5. The van der Waals surface area contributed by atoms with Gasteiger partial charge in [-0.15, -0.1) is 15.3 Å². The Balaban J connectivity index is 1.67. The number of aromatic nitrogens is 4. The third-order valence-corrected chi connectivity index (χ3v) is 4.42. The first-order chi connectivity index (χ1) is 12.1. The lowest BCUT2D eigenvalue weighted by Gasteiger charge is -2.02. The van der Waals surface area contributed by atoms with Gasteiger partial charge in [-0.1, -0.05) is 47.2 Å². The molecule has 124 valence electrons. The summed E-state index contributed by atoms with van der Waals surface area (Å²) in [6.45, 7) is 1.99. The highest BCUT2D eigenvalue weighted by Gasteiger charge is 2.17. The predicted octanol–water partition coefficient (Wildman–Crippen LogP) is 3.55. The maximum atomic E-state index is 13.7. The summed E-state index contributed by atoms with van der Waals surface area (Å²) in [5.41, 5.74) is 1.94. The SMILES string of the molecule is Cc1cccc(-c2nnc3sc(NC(=O)c4ccccc4F)nn23)c1. The van der Waals surface area contributed by atoms with Crippen LogP contribution in [0.15, 0.2) is 48.5 Å². The number of halogens is 1. The normalized spacial score (nSPS) is 11.0. The lowest BCUT2D eigenvalue weighted by molar-refractivity contribution is 0.102. The zero-order valence-corrected chi connectivity index (χ0v) is 13.9. The fourth-order valence-corrected chi connectivity index (χ4v) is 3.18. The van der Waals surface area contributed by atoms with Crippen LogP contribution < -0.4 is 5.32 Å². The van der Waals surface area contributed by atoms with Crippen LogP contribution in [0, 0.1) is 12.7 Å². The molecule has 2 heterocycles. The number of fused-ring (bicyclic) bond motifs is 1. The van der Waals surface area contributed by atoms with E-state index >= 15 is 0 Å². The monoisotopic (exact) mass is 353 g/mol. The molecule has 0 unspecified atom stereocenters. The minimum absolute atomic E-state index is 0.0348. The van der Waals surface area contributed by atoms with Crippen molar-refractivity contribution in [1.29, 1.82) is 0 Å². The fourth-order valence-electron chi connectivity index (χ4n) is 2.44. The summed E-state index contributed by atoms with van der Waals surface area (Å²) in [6, 6.07) is 13.6. The zero-order chi connectivity index (χ0) is 17.4. The Labute approximate surface area is 146 Å². The highest BCUT2D eigenvalue weighted by atomic mass is 32.1. The van der Waals surface area contributed by atoms with Gasteiger partial charge in [-0.25, -0.2) is 4.39 Å². The average molecular weight is 353 g/mol. The molecule has 0 saturated carbocycles. The van der Waals surface area contributed by atoms with Crippen LogP contribution in [-0.2, 0) is 0 Å². The van der Waals surface area contributed by atoms with E-state index in [2.05, 4.69) is 20.6 Å². The summed E-state index contributed by atoms with van der Waals surface area (Å²) in [4.78, 5) is 12.7. The van der Waals surface area contributed by atoms with Gasteiger partial charge < -0.3 is 0 Å². The van der Waals surface area contributed by atoms with E-state index in [1.54, 1.807) is 10.6 Å². The first-order valence-electron chi connectivity index (χ1n) is 7.47. The molecule has 0 bridgehead atoms. The molecule has 2 aromatic heterocycles. The van der Waals surface area contributed by atoms with Crippen LogP contribution in [0.4, 0.5) is 9.52 Å². The summed E-state index contributed by atoms with van der Waals surface area (Å²) < 4.78 is 15.3. The van der Waals surface area contributed by atoms with Crippen LogP contribution in [0.3, 0.4) is 0 Å². The molecule has 0 saturated heterocycles. The van der Waals surface area contributed by atoms with Crippen LogP contribution in [0.5, 0.6) is 0 Å². The third-order valence-electron chi connectivity index (χ3n) is 3.61.